The Labute approximate surface area is 161 Å². The Bertz CT molecular complexity index is 636. The van der Waals surface area contributed by atoms with Crippen LogP contribution >= 0.6 is 0 Å². The molecule has 2 aliphatic rings. The Morgan fingerprint density at radius 3 is 1.93 bits per heavy atom. The SMILES string of the molecule is C=C(C(=O)OC1C[C@H]2CC[C@@H](C1)N2C)c1ccc(C(F)(F)F)cc1.O.O.O.O. The molecular formula is C18H28F3NO6. The van der Waals surface area contributed by atoms with E-state index in [0.29, 0.717) is 17.6 Å². The van der Waals surface area contributed by atoms with E-state index in [1.807, 2.05) is 0 Å². The molecule has 3 atom stereocenters. The van der Waals surface area contributed by atoms with Crippen LogP contribution in [0.15, 0.2) is 30.8 Å². The summed E-state index contributed by atoms with van der Waals surface area (Å²) in [6, 6.07) is 5.30. The quantitative estimate of drug-likeness (QED) is 0.527. The van der Waals surface area contributed by atoms with E-state index >= 15 is 0 Å². The highest BCUT2D eigenvalue weighted by Gasteiger charge is 2.40. The predicted octanol–water partition coefficient (Wildman–Crippen LogP) is 0.588. The first kappa shape index (κ1) is 28.2. The summed E-state index contributed by atoms with van der Waals surface area (Å²) in [6.07, 6.45) is -0.687. The second-order valence-electron chi connectivity index (χ2n) is 6.60. The maximum absolute atomic E-state index is 12.6. The summed E-state index contributed by atoms with van der Waals surface area (Å²) in [5, 5.41) is 0. The van der Waals surface area contributed by atoms with E-state index in [-0.39, 0.29) is 33.6 Å². The Morgan fingerprint density at radius 1 is 1.04 bits per heavy atom. The van der Waals surface area contributed by atoms with Crippen LogP contribution in [0.1, 0.15) is 36.8 Å². The fraction of sp³-hybridized carbons (Fsp3) is 0.500. The van der Waals surface area contributed by atoms with Gasteiger partial charge in [-0.05, 0) is 37.6 Å². The van der Waals surface area contributed by atoms with Crippen molar-refractivity contribution < 1.29 is 44.6 Å². The lowest BCUT2D eigenvalue weighted by atomic mass is 10.00. The molecule has 1 aromatic carbocycles. The molecule has 0 aliphatic carbocycles. The number of rotatable bonds is 3. The summed E-state index contributed by atoms with van der Waals surface area (Å²) >= 11 is 0. The number of carbonyl (C=O) groups is 1. The maximum atomic E-state index is 12.6. The number of hydrogen-bond donors (Lipinski definition) is 0. The monoisotopic (exact) mass is 411 g/mol. The lowest BCUT2D eigenvalue weighted by Crippen LogP contribution is -2.43. The number of nitrogens with zero attached hydrogens (tertiary/aromatic N) is 1. The van der Waals surface area contributed by atoms with Gasteiger partial charge in [0.05, 0.1) is 11.1 Å². The van der Waals surface area contributed by atoms with Gasteiger partial charge in [-0.2, -0.15) is 13.2 Å². The molecule has 2 saturated heterocycles. The largest absolute Gasteiger partial charge is 0.459 e. The second kappa shape index (κ2) is 10.5. The summed E-state index contributed by atoms with van der Waals surface area (Å²) in [7, 11) is 2.10. The van der Waals surface area contributed by atoms with Crippen LogP contribution in [-0.2, 0) is 15.7 Å². The van der Waals surface area contributed by atoms with Crippen molar-refractivity contribution in [3.8, 4) is 0 Å². The lowest BCUT2D eigenvalue weighted by molar-refractivity contribution is -0.145. The zero-order valence-electron chi connectivity index (χ0n) is 15.5. The Hall–Kier alpha value is -1.98. The van der Waals surface area contributed by atoms with Crippen molar-refractivity contribution in [3.05, 3.63) is 42.0 Å². The lowest BCUT2D eigenvalue weighted by Gasteiger charge is -2.35. The van der Waals surface area contributed by atoms with Crippen LogP contribution < -0.4 is 0 Å². The van der Waals surface area contributed by atoms with Gasteiger partial charge in [0.25, 0.3) is 0 Å². The number of halogens is 3. The average Bonchev–Trinajstić information content (AvgIpc) is 2.74. The van der Waals surface area contributed by atoms with Crippen LogP contribution in [0.5, 0.6) is 0 Å². The molecule has 10 heteroatoms. The van der Waals surface area contributed by atoms with Gasteiger partial charge in [0, 0.05) is 24.9 Å². The molecule has 0 radical (unpaired) electrons. The molecule has 0 amide bonds. The van der Waals surface area contributed by atoms with E-state index in [0.717, 1.165) is 37.8 Å². The van der Waals surface area contributed by atoms with Crippen molar-refractivity contribution in [3.63, 3.8) is 0 Å². The number of hydrogen-bond acceptors (Lipinski definition) is 3. The van der Waals surface area contributed by atoms with Gasteiger partial charge in [-0.15, -0.1) is 0 Å². The highest BCUT2D eigenvalue weighted by atomic mass is 19.4. The van der Waals surface area contributed by atoms with Gasteiger partial charge >= 0.3 is 12.1 Å². The number of ether oxygens (including phenoxy) is 1. The molecule has 1 aromatic rings. The molecule has 2 fully saturated rings. The van der Waals surface area contributed by atoms with E-state index < -0.39 is 17.7 Å². The number of benzene rings is 1. The van der Waals surface area contributed by atoms with E-state index in [4.69, 9.17) is 4.74 Å². The van der Waals surface area contributed by atoms with Crippen LogP contribution in [0, 0.1) is 0 Å². The van der Waals surface area contributed by atoms with Gasteiger partial charge in [-0.25, -0.2) is 4.79 Å². The number of carbonyl (C=O) groups excluding carboxylic acids is 1. The standard InChI is InChI=1S/C18H20F3NO2.4H2O/c1-11(12-3-5-13(6-4-12)18(19,20)21)17(23)24-16-9-14-7-8-15(10-16)22(14)2;;;;/h3-6,14-16H,1,7-10H2,2H3;4*1H2/t14-,15+,16?;;;;. The highest BCUT2D eigenvalue weighted by molar-refractivity contribution is 6.15. The van der Waals surface area contributed by atoms with E-state index in [9.17, 15) is 18.0 Å². The van der Waals surface area contributed by atoms with Crippen molar-refractivity contribution >= 4 is 11.5 Å². The minimum Gasteiger partial charge on any atom is -0.459 e. The number of piperidine rings is 1. The fourth-order valence-corrected chi connectivity index (χ4v) is 3.66. The topological polar surface area (TPSA) is 156 Å². The molecule has 3 rings (SSSR count). The first-order valence-corrected chi connectivity index (χ1v) is 8.05. The molecule has 2 heterocycles. The third-order valence-electron chi connectivity index (χ3n) is 5.14. The Kier molecular flexibility index (Phi) is 10.6. The van der Waals surface area contributed by atoms with Crippen molar-refractivity contribution in [1.82, 2.24) is 4.90 Å². The smallest absolute Gasteiger partial charge is 0.416 e. The average molecular weight is 411 g/mol. The zero-order chi connectivity index (χ0) is 17.5. The van der Waals surface area contributed by atoms with Gasteiger partial charge < -0.3 is 31.5 Å². The van der Waals surface area contributed by atoms with Gasteiger partial charge in [0.15, 0.2) is 0 Å². The molecule has 0 saturated carbocycles. The molecular weight excluding hydrogens is 383 g/mol. The van der Waals surface area contributed by atoms with Crippen LogP contribution in [0.4, 0.5) is 13.2 Å². The van der Waals surface area contributed by atoms with E-state index in [2.05, 4.69) is 18.5 Å². The summed E-state index contributed by atoms with van der Waals surface area (Å²) in [5.41, 5.74) is -0.307. The first-order valence-electron chi connectivity index (χ1n) is 8.05. The molecule has 2 aliphatic heterocycles. The number of fused-ring (bicyclic) bond motifs is 2. The number of esters is 1. The normalized spacial score (nSPS) is 23.2. The molecule has 28 heavy (non-hydrogen) atoms. The third-order valence-corrected chi connectivity index (χ3v) is 5.14. The Morgan fingerprint density at radius 2 is 1.50 bits per heavy atom. The summed E-state index contributed by atoms with van der Waals surface area (Å²) in [4.78, 5) is 14.6. The van der Waals surface area contributed by atoms with E-state index in [1.54, 1.807) is 0 Å². The zero-order valence-corrected chi connectivity index (χ0v) is 15.5. The maximum Gasteiger partial charge on any atom is 0.416 e. The molecule has 7 nitrogen and oxygen atoms in total. The Balaban J connectivity index is 0. The second-order valence-corrected chi connectivity index (χ2v) is 6.60. The van der Waals surface area contributed by atoms with Crippen LogP contribution in [-0.4, -0.2) is 58.0 Å². The molecule has 0 aromatic heterocycles. The molecule has 162 valence electrons. The first-order chi connectivity index (χ1) is 11.3. The van der Waals surface area contributed by atoms with Crippen LogP contribution in [0.25, 0.3) is 5.57 Å². The van der Waals surface area contributed by atoms with Crippen molar-refractivity contribution in [2.75, 3.05) is 7.05 Å². The molecule has 1 unspecified atom stereocenters. The molecule has 2 bridgehead atoms. The number of alkyl halides is 3. The molecule has 0 spiro atoms. The fourth-order valence-electron chi connectivity index (χ4n) is 3.66. The predicted molar refractivity (Wildman–Crippen MR) is 98.6 cm³/mol. The van der Waals surface area contributed by atoms with E-state index in [1.165, 1.54) is 12.1 Å². The highest BCUT2D eigenvalue weighted by Crippen LogP contribution is 2.36. The minimum absolute atomic E-state index is 0. The van der Waals surface area contributed by atoms with Crippen LogP contribution in [0.2, 0.25) is 0 Å². The summed E-state index contributed by atoms with van der Waals surface area (Å²) < 4.78 is 43.3. The van der Waals surface area contributed by atoms with Crippen molar-refractivity contribution in [2.45, 2.75) is 50.0 Å². The third kappa shape index (κ3) is 5.76. The van der Waals surface area contributed by atoms with Gasteiger partial charge in [-0.3, -0.25) is 0 Å². The van der Waals surface area contributed by atoms with Crippen LogP contribution in [0.3, 0.4) is 0 Å². The van der Waals surface area contributed by atoms with Gasteiger partial charge in [-0.1, -0.05) is 18.7 Å². The summed E-state index contributed by atoms with van der Waals surface area (Å²) in [6.45, 7) is 3.68. The van der Waals surface area contributed by atoms with Gasteiger partial charge in [0.1, 0.15) is 6.10 Å². The summed E-state index contributed by atoms with van der Waals surface area (Å²) in [5.74, 6) is -0.552. The molecule has 8 N–H and O–H groups in total. The minimum atomic E-state index is -4.40. The van der Waals surface area contributed by atoms with Crippen molar-refractivity contribution in [2.24, 2.45) is 0 Å². The van der Waals surface area contributed by atoms with Gasteiger partial charge in [0.2, 0.25) is 0 Å². The van der Waals surface area contributed by atoms with Crippen molar-refractivity contribution in [1.29, 1.82) is 0 Å².